The second-order valence-electron chi connectivity index (χ2n) is 5.26. The van der Waals surface area contributed by atoms with Crippen LogP contribution in [0.3, 0.4) is 0 Å². The molecule has 2 heterocycles. The summed E-state index contributed by atoms with van der Waals surface area (Å²) < 4.78 is 7.44. The van der Waals surface area contributed by atoms with Gasteiger partial charge in [0.1, 0.15) is 5.69 Å². The SMILES string of the molecule is CCOC(=O)CCC(=O)NCCn1nc(-c2ccccn2)n(C)c1=O. The van der Waals surface area contributed by atoms with Gasteiger partial charge in [0, 0.05) is 26.2 Å². The molecule has 0 spiro atoms. The molecule has 0 atom stereocenters. The molecule has 9 nitrogen and oxygen atoms in total. The van der Waals surface area contributed by atoms with Gasteiger partial charge in [0.25, 0.3) is 0 Å². The molecule has 0 radical (unpaired) electrons. The van der Waals surface area contributed by atoms with E-state index in [1.165, 1.54) is 9.25 Å². The molecule has 2 aromatic heterocycles. The van der Waals surface area contributed by atoms with E-state index in [4.69, 9.17) is 4.74 Å². The number of amides is 1. The summed E-state index contributed by atoms with van der Waals surface area (Å²) in [6, 6.07) is 5.36. The summed E-state index contributed by atoms with van der Waals surface area (Å²) in [5.41, 5.74) is 0.306. The second kappa shape index (κ2) is 8.76. The summed E-state index contributed by atoms with van der Waals surface area (Å²) in [6.45, 7) is 2.47. The average Bonchev–Trinajstić information content (AvgIpc) is 2.89. The molecule has 0 aliphatic heterocycles. The number of hydrogen-bond acceptors (Lipinski definition) is 6. The van der Waals surface area contributed by atoms with Crippen molar-refractivity contribution in [2.45, 2.75) is 26.3 Å². The maximum absolute atomic E-state index is 12.2. The van der Waals surface area contributed by atoms with E-state index in [9.17, 15) is 14.4 Å². The second-order valence-corrected chi connectivity index (χ2v) is 5.26. The van der Waals surface area contributed by atoms with E-state index in [0.29, 0.717) is 18.1 Å². The van der Waals surface area contributed by atoms with E-state index < -0.39 is 5.97 Å². The lowest BCUT2D eigenvalue weighted by Gasteiger charge is -2.04. The van der Waals surface area contributed by atoms with Gasteiger partial charge in [0.2, 0.25) is 5.91 Å². The summed E-state index contributed by atoms with van der Waals surface area (Å²) in [4.78, 5) is 39.2. The van der Waals surface area contributed by atoms with Gasteiger partial charge in [0.05, 0.1) is 19.6 Å². The molecule has 1 N–H and O–H groups in total. The molecule has 0 saturated carbocycles. The first-order valence-electron chi connectivity index (χ1n) is 8.00. The van der Waals surface area contributed by atoms with Crippen LogP contribution >= 0.6 is 0 Å². The molecule has 0 unspecified atom stereocenters. The Morgan fingerprint density at radius 1 is 1.28 bits per heavy atom. The summed E-state index contributed by atoms with van der Waals surface area (Å²) in [7, 11) is 1.62. The van der Waals surface area contributed by atoms with Crippen LogP contribution in [0, 0.1) is 0 Å². The number of carbonyl (C=O) groups is 2. The Morgan fingerprint density at radius 3 is 2.76 bits per heavy atom. The van der Waals surface area contributed by atoms with Gasteiger partial charge in [-0.1, -0.05) is 6.07 Å². The van der Waals surface area contributed by atoms with Gasteiger partial charge in [-0.25, -0.2) is 9.48 Å². The van der Waals surface area contributed by atoms with Crippen molar-refractivity contribution in [3.63, 3.8) is 0 Å². The Labute approximate surface area is 144 Å². The third kappa shape index (κ3) is 5.00. The zero-order valence-corrected chi connectivity index (χ0v) is 14.3. The molecule has 2 rings (SSSR count). The van der Waals surface area contributed by atoms with E-state index in [2.05, 4.69) is 15.4 Å². The van der Waals surface area contributed by atoms with Crippen molar-refractivity contribution in [3.05, 3.63) is 34.9 Å². The number of aromatic nitrogens is 4. The number of rotatable bonds is 8. The van der Waals surface area contributed by atoms with E-state index in [-0.39, 0.29) is 37.5 Å². The fourth-order valence-corrected chi connectivity index (χ4v) is 2.19. The minimum absolute atomic E-state index is 0.0348. The van der Waals surface area contributed by atoms with Crippen molar-refractivity contribution in [3.8, 4) is 11.5 Å². The molecular formula is C16H21N5O4. The normalized spacial score (nSPS) is 10.5. The maximum Gasteiger partial charge on any atom is 0.346 e. The quantitative estimate of drug-likeness (QED) is 0.679. The number of ether oxygens (including phenoxy) is 1. The minimum atomic E-state index is -0.404. The van der Waals surface area contributed by atoms with E-state index in [1.807, 2.05) is 6.07 Å². The average molecular weight is 347 g/mol. The fraction of sp³-hybridized carbons (Fsp3) is 0.438. The predicted octanol–water partition coefficient (Wildman–Crippen LogP) is 0.103. The van der Waals surface area contributed by atoms with Gasteiger partial charge in [0.15, 0.2) is 5.82 Å². The highest BCUT2D eigenvalue weighted by atomic mass is 16.5. The maximum atomic E-state index is 12.2. The lowest BCUT2D eigenvalue weighted by atomic mass is 10.3. The van der Waals surface area contributed by atoms with Crippen molar-refractivity contribution in [2.24, 2.45) is 7.05 Å². The zero-order valence-electron chi connectivity index (χ0n) is 14.3. The number of nitrogens with one attached hydrogen (secondary N) is 1. The summed E-state index contributed by atoms with van der Waals surface area (Å²) in [5, 5.41) is 6.91. The Balaban J connectivity index is 1.88. The zero-order chi connectivity index (χ0) is 18.2. The van der Waals surface area contributed by atoms with Crippen LogP contribution in [0.25, 0.3) is 11.5 Å². The Hall–Kier alpha value is -2.97. The lowest BCUT2D eigenvalue weighted by Crippen LogP contribution is -2.32. The van der Waals surface area contributed by atoms with Crippen molar-refractivity contribution in [2.75, 3.05) is 13.2 Å². The lowest BCUT2D eigenvalue weighted by molar-refractivity contribution is -0.144. The Morgan fingerprint density at radius 2 is 2.08 bits per heavy atom. The number of carbonyl (C=O) groups excluding carboxylic acids is 2. The third-order valence-corrected chi connectivity index (χ3v) is 3.44. The van der Waals surface area contributed by atoms with Crippen LogP contribution in [-0.4, -0.2) is 44.4 Å². The van der Waals surface area contributed by atoms with Crippen LogP contribution in [-0.2, 0) is 27.9 Å². The molecule has 25 heavy (non-hydrogen) atoms. The molecule has 0 aliphatic carbocycles. The fourth-order valence-electron chi connectivity index (χ4n) is 2.19. The van der Waals surface area contributed by atoms with E-state index in [0.717, 1.165) is 0 Å². The third-order valence-electron chi connectivity index (χ3n) is 3.44. The first kappa shape index (κ1) is 18.4. The Bertz CT molecular complexity index is 782. The number of esters is 1. The largest absolute Gasteiger partial charge is 0.466 e. The summed E-state index contributed by atoms with van der Waals surface area (Å²) in [5.74, 6) is -0.222. The van der Waals surface area contributed by atoms with Crippen molar-refractivity contribution in [1.82, 2.24) is 24.6 Å². The molecule has 1 amide bonds. The number of pyridine rings is 1. The van der Waals surface area contributed by atoms with Crippen LogP contribution < -0.4 is 11.0 Å². The smallest absolute Gasteiger partial charge is 0.346 e. The highest BCUT2D eigenvalue weighted by Crippen LogP contribution is 2.10. The molecule has 2 aromatic rings. The van der Waals surface area contributed by atoms with Gasteiger partial charge in [-0.3, -0.25) is 19.1 Å². The first-order valence-corrected chi connectivity index (χ1v) is 8.00. The standard InChI is InChI=1S/C16H21N5O4/c1-3-25-14(23)8-7-13(22)18-10-11-21-16(24)20(2)15(19-21)12-6-4-5-9-17-12/h4-6,9H,3,7-8,10-11H2,1-2H3,(H,18,22). The van der Waals surface area contributed by atoms with Gasteiger partial charge in [-0.05, 0) is 19.1 Å². The van der Waals surface area contributed by atoms with E-state index in [1.54, 1.807) is 32.3 Å². The molecule has 0 aliphatic rings. The number of nitrogens with zero attached hydrogens (tertiary/aromatic N) is 4. The molecule has 0 fully saturated rings. The van der Waals surface area contributed by atoms with Crippen LogP contribution in [0.2, 0.25) is 0 Å². The minimum Gasteiger partial charge on any atom is -0.466 e. The topological polar surface area (TPSA) is 108 Å². The molecule has 0 aromatic carbocycles. The molecule has 134 valence electrons. The molecule has 9 heteroatoms. The molecular weight excluding hydrogens is 326 g/mol. The predicted molar refractivity (Wildman–Crippen MR) is 89.6 cm³/mol. The van der Waals surface area contributed by atoms with Gasteiger partial charge in [-0.15, -0.1) is 5.10 Å². The van der Waals surface area contributed by atoms with E-state index >= 15 is 0 Å². The first-order chi connectivity index (χ1) is 12.0. The van der Waals surface area contributed by atoms with Crippen molar-refractivity contribution < 1.29 is 14.3 Å². The van der Waals surface area contributed by atoms with Crippen LogP contribution in [0.1, 0.15) is 19.8 Å². The highest BCUT2D eigenvalue weighted by molar-refractivity contribution is 5.81. The van der Waals surface area contributed by atoms with Crippen LogP contribution in [0.4, 0.5) is 0 Å². The van der Waals surface area contributed by atoms with Gasteiger partial charge < -0.3 is 10.1 Å². The van der Waals surface area contributed by atoms with Crippen LogP contribution in [0.5, 0.6) is 0 Å². The highest BCUT2D eigenvalue weighted by Gasteiger charge is 2.13. The van der Waals surface area contributed by atoms with Gasteiger partial charge in [-0.2, -0.15) is 0 Å². The molecule has 0 saturated heterocycles. The number of hydrogen-bond donors (Lipinski definition) is 1. The van der Waals surface area contributed by atoms with Crippen molar-refractivity contribution in [1.29, 1.82) is 0 Å². The molecule has 0 bridgehead atoms. The summed E-state index contributed by atoms with van der Waals surface area (Å²) >= 11 is 0. The van der Waals surface area contributed by atoms with Crippen LogP contribution in [0.15, 0.2) is 29.2 Å². The monoisotopic (exact) mass is 347 g/mol. The van der Waals surface area contributed by atoms with Crippen molar-refractivity contribution >= 4 is 11.9 Å². The van der Waals surface area contributed by atoms with Gasteiger partial charge >= 0.3 is 11.7 Å². The summed E-state index contributed by atoms with van der Waals surface area (Å²) in [6.07, 6.45) is 1.71. The Kier molecular flexibility index (Phi) is 6.44.